The number of anilines is 1. The van der Waals surface area contributed by atoms with Crippen LogP contribution in [0.5, 0.6) is 0 Å². The Labute approximate surface area is 121 Å². The van der Waals surface area contributed by atoms with Crippen LogP contribution in [0.1, 0.15) is 25.3 Å². The van der Waals surface area contributed by atoms with E-state index in [1.54, 1.807) is 6.92 Å². The molecule has 0 bridgehead atoms. The lowest BCUT2D eigenvalue weighted by Gasteiger charge is -2.32. The molecule has 0 spiro atoms. The van der Waals surface area contributed by atoms with Gasteiger partial charge in [-0.05, 0) is 49.9 Å². The Hall–Kier alpha value is -1.55. The highest BCUT2D eigenvalue weighted by atomic mass is 16.1. The number of rotatable bonds is 5. The van der Waals surface area contributed by atoms with E-state index in [9.17, 15) is 4.79 Å². The minimum absolute atomic E-state index is 0.0759. The topological polar surface area (TPSA) is 58.4 Å². The molecule has 110 valence electrons. The Kier molecular flexibility index (Phi) is 5.41. The fraction of sp³-hybridized carbons (Fsp3) is 0.562. The van der Waals surface area contributed by atoms with Crippen molar-refractivity contribution in [1.29, 1.82) is 0 Å². The number of likely N-dealkylation sites (tertiary alicyclic amines) is 1. The molecule has 2 rings (SSSR count). The molecule has 0 aromatic heterocycles. The fourth-order valence-corrected chi connectivity index (χ4v) is 2.74. The molecule has 4 nitrogen and oxygen atoms in total. The minimum atomic E-state index is 0.0759. The highest BCUT2D eigenvalue weighted by molar-refractivity contribution is 5.72. The summed E-state index contributed by atoms with van der Waals surface area (Å²) in [6.07, 6.45) is 3.36. The number of nitrogens with zero attached hydrogens (tertiary/aromatic N) is 1. The molecule has 0 aliphatic carbocycles. The predicted octanol–water partition coefficient (Wildman–Crippen LogP) is 1.66. The van der Waals surface area contributed by atoms with Gasteiger partial charge in [-0.3, -0.25) is 4.79 Å². The SMILES string of the molecule is CC(=O)NCC1CCN(CCc2ccccc2N)CC1. The predicted molar refractivity (Wildman–Crippen MR) is 82.4 cm³/mol. The Bertz CT molecular complexity index is 439. The standard InChI is InChI=1S/C16H25N3O/c1-13(20)18-12-14-6-9-19(10-7-14)11-8-15-4-2-3-5-16(15)17/h2-5,14H,6-12,17H2,1H3,(H,18,20). The number of hydrogen-bond donors (Lipinski definition) is 2. The lowest BCUT2D eigenvalue weighted by Crippen LogP contribution is -2.39. The van der Waals surface area contributed by atoms with Gasteiger partial charge in [0.1, 0.15) is 0 Å². The van der Waals surface area contributed by atoms with Gasteiger partial charge in [0.25, 0.3) is 0 Å². The first kappa shape index (κ1) is 14.9. The largest absolute Gasteiger partial charge is 0.399 e. The monoisotopic (exact) mass is 275 g/mol. The number of nitrogens with two attached hydrogens (primary N) is 1. The Morgan fingerprint density at radius 2 is 2.05 bits per heavy atom. The van der Waals surface area contributed by atoms with Gasteiger partial charge in [0.05, 0.1) is 0 Å². The molecule has 4 heteroatoms. The molecule has 1 saturated heterocycles. The number of amides is 1. The summed E-state index contributed by atoms with van der Waals surface area (Å²) in [6.45, 7) is 5.73. The molecular formula is C16H25N3O. The fourth-order valence-electron chi connectivity index (χ4n) is 2.74. The second-order valence-electron chi connectivity index (χ2n) is 5.67. The summed E-state index contributed by atoms with van der Waals surface area (Å²) in [7, 11) is 0. The lowest BCUT2D eigenvalue weighted by molar-refractivity contribution is -0.119. The summed E-state index contributed by atoms with van der Waals surface area (Å²) in [6, 6.07) is 8.10. The molecule has 1 heterocycles. The van der Waals surface area contributed by atoms with E-state index in [0.29, 0.717) is 5.92 Å². The maximum absolute atomic E-state index is 10.9. The molecule has 1 aromatic carbocycles. The molecular weight excluding hydrogens is 250 g/mol. The number of benzene rings is 1. The number of carbonyl (C=O) groups is 1. The Morgan fingerprint density at radius 1 is 1.35 bits per heavy atom. The van der Waals surface area contributed by atoms with Crippen molar-refractivity contribution in [3.8, 4) is 0 Å². The van der Waals surface area contributed by atoms with Gasteiger partial charge in [0.15, 0.2) is 0 Å². The summed E-state index contributed by atoms with van der Waals surface area (Å²) in [4.78, 5) is 13.4. The zero-order valence-electron chi connectivity index (χ0n) is 12.3. The maximum Gasteiger partial charge on any atom is 0.216 e. The van der Waals surface area contributed by atoms with E-state index in [4.69, 9.17) is 5.73 Å². The van der Waals surface area contributed by atoms with E-state index in [0.717, 1.165) is 38.3 Å². The van der Waals surface area contributed by atoms with Crippen LogP contribution in [0.4, 0.5) is 5.69 Å². The molecule has 1 aliphatic heterocycles. The quantitative estimate of drug-likeness (QED) is 0.804. The van der Waals surface area contributed by atoms with E-state index in [1.807, 2.05) is 18.2 Å². The number of carbonyl (C=O) groups excluding carboxylic acids is 1. The van der Waals surface area contributed by atoms with Crippen LogP contribution in [0.2, 0.25) is 0 Å². The Morgan fingerprint density at radius 3 is 2.70 bits per heavy atom. The normalized spacial score (nSPS) is 17.1. The van der Waals surface area contributed by atoms with E-state index < -0.39 is 0 Å². The third kappa shape index (κ3) is 4.53. The van der Waals surface area contributed by atoms with Gasteiger partial charge >= 0.3 is 0 Å². The van der Waals surface area contributed by atoms with Crippen LogP contribution in [-0.4, -0.2) is 37.0 Å². The molecule has 0 radical (unpaired) electrons. The summed E-state index contributed by atoms with van der Waals surface area (Å²) in [5.41, 5.74) is 8.11. The van der Waals surface area contributed by atoms with Gasteiger partial charge in [-0.25, -0.2) is 0 Å². The van der Waals surface area contributed by atoms with Crippen molar-refractivity contribution in [1.82, 2.24) is 10.2 Å². The van der Waals surface area contributed by atoms with E-state index in [-0.39, 0.29) is 5.91 Å². The van der Waals surface area contributed by atoms with Gasteiger partial charge in [-0.15, -0.1) is 0 Å². The summed E-state index contributed by atoms with van der Waals surface area (Å²) in [5.74, 6) is 0.712. The van der Waals surface area contributed by atoms with Crippen molar-refractivity contribution in [2.24, 2.45) is 5.92 Å². The zero-order valence-corrected chi connectivity index (χ0v) is 12.3. The molecule has 20 heavy (non-hydrogen) atoms. The molecule has 0 unspecified atom stereocenters. The first-order chi connectivity index (χ1) is 9.65. The number of para-hydroxylation sites is 1. The summed E-state index contributed by atoms with van der Waals surface area (Å²) >= 11 is 0. The van der Waals surface area contributed by atoms with Crippen LogP contribution in [0, 0.1) is 5.92 Å². The van der Waals surface area contributed by atoms with Crippen LogP contribution in [-0.2, 0) is 11.2 Å². The second-order valence-corrected chi connectivity index (χ2v) is 5.67. The molecule has 1 amide bonds. The van der Waals surface area contributed by atoms with Crippen molar-refractivity contribution >= 4 is 11.6 Å². The van der Waals surface area contributed by atoms with Crippen LogP contribution in [0.3, 0.4) is 0 Å². The van der Waals surface area contributed by atoms with Gasteiger partial charge < -0.3 is 16.0 Å². The van der Waals surface area contributed by atoms with Crippen LogP contribution < -0.4 is 11.1 Å². The molecule has 0 atom stereocenters. The third-order valence-corrected chi connectivity index (χ3v) is 4.10. The number of nitrogen functional groups attached to an aromatic ring is 1. The zero-order chi connectivity index (χ0) is 14.4. The number of nitrogens with one attached hydrogen (secondary N) is 1. The van der Waals surface area contributed by atoms with Crippen LogP contribution in [0.15, 0.2) is 24.3 Å². The highest BCUT2D eigenvalue weighted by Crippen LogP contribution is 2.18. The summed E-state index contributed by atoms with van der Waals surface area (Å²) < 4.78 is 0. The average Bonchev–Trinajstić information content (AvgIpc) is 2.45. The summed E-state index contributed by atoms with van der Waals surface area (Å²) in [5, 5.41) is 2.92. The van der Waals surface area contributed by atoms with Crippen molar-refractivity contribution in [3.63, 3.8) is 0 Å². The maximum atomic E-state index is 10.9. The molecule has 1 aromatic rings. The number of hydrogen-bond acceptors (Lipinski definition) is 3. The van der Waals surface area contributed by atoms with Gasteiger partial charge in [-0.2, -0.15) is 0 Å². The van der Waals surface area contributed by atoms with E-state index in [1.165, 1.54) is 18.4 Å². The lowest BCUT2D eigenvalue weighted by atomic mass is 9.96. The van der Waals surface area contributed by atoms with Gasteiger partial charge in [-0.1, -0.05) is 18.2 Å². The second kappa shape index (κ2) is 7.29. The number of piperidine rings is 1. The van der Waals surface area contributed by atoms with Gasteiger partial charge in [0.2, 0.25) is 5.91 Å². The van der Waals surface area contributed by atoms with Crippen molar-refractivity contribution in [2.45, 2.75) is 26.2 Å². The third-order valence-electron chi connectivity index (χ3n) is 4.10. The first-order valence-electron chi connectivity index (χ1n) is 7.45. The Balaban J connectivity index is 1.69. The van der Waals surface area contributed by atoms with E-state index >= 15 is 0 Å². The van der Waals surface area contributed by atoms with Crippen LogP contribution >= 0.6 is 0 Å². The molecule has 1 aliphatic rings. The molecule has 3 N–H and O–H groups in total. The van der Waals surface area contributed by atoms with Crippen molar-refractivity contribution in [3.05, 3.63) is 29.8 Å². The average molecular weight is 275 g/mol. The minimum Gasteiger partial charge on any atom is -0.399 e. The first-order valence-corrected chi connectivity index (χ1v) is 7.45. The highest BCUT2D eigenvalue weighted by Gasteiger charge is 2.19. The van der Waals surface area contributed by atoms with Crippen molar-refractivity contribution < 1.29 is 4.79 Å². The molecule has 1 fully saturated rings. The van der Waals surface area contributed by atoms with E-state index in [2.05, 4.69) is 16.3 Å². The molecule has 0 saturated carbocycles. The van der Waals surface area contributed by atoms with Crippen molar-refractivity contribution in [2.75, 3.05) is 31.9 Å². The van der Waals surface area contributed by atoms with Crippen LogP contribution in [0.25, 0.3) is 0 Å². The smallest absolute Gasteiger partial charge is 0.216 e. The van der Waals surface area contributed by atoms with Gasteiger partial charge in [0, 0.05) is 25.7 Å².